The topological polar surface area (TPSA) is 58.6 Å². The number of carbonyl (C=O) groups is 1. The zero-order chi connectivity index (χ0) is 19.3. The smallest absolute Gasteiger partial charge is 0.339 e. The van der Waals surface area contributed by atoms with Gasteiger partial charge in [0.05, 0.1) is 0 Å². The maximum atomic E-state index is 11.6. The van der Waals surface area contributed by atoms with Crippen molar-refractivity contribution in [2.24, 2.45) is 0 Å². The van der Waals surface area contributed by atoms with Crippen LogP contribution in [0.1, 0.15) is 20.8 Å². The Bertz CT molecular complexity index is 1100. The summed E-state index contributed by atoms with van der Waals surface area (Å²) in [5.74, 6) is -0.644. The van der Waals surface area contributed by atoms with E-state index in [0.717, 1.165) is 22.0 Å². The van der Waals surface area contributed by atoms with Gasteiger partial charge in [0.25, 0.3) is 0 Å². The lowest BCUT2D eigenvalue weighted by atomic mass is 10.1. The van der Waals surface area contributed by atoms with Crippen LogP contribution in [0, 0.1) is 0 Å². The Morgan fingerprint density at radius 3 is 2.68 bits per heavy atom. The third-order valence-corrected chi connectivity index (χ3v) is 5.40. The first kappa shape index (κ1) is 18.1. The van der Waals surface area contributed by atoms with Gasteiger partial charge >= 0.3 is 5.97 Å². The lowest BCUT2D eigenvalue weighted by Gasteiger charge is -2.13. The van der Waals surface area contributed by atoms with Gasteiger partial charge in [0, 0.05) is 23.2 Å². The van der Waals surface area contributed by atoms with Crippen LogP contribution in [0.25, 0.3) is 10.8 Å². The molecule has 0 fully saturated rings. The van der Waals surface area contributed by atoms with Crippen molar-refractivity contribution in [3.05, 3.63) is 94.2 Å². The minimum absolute atomic E-state index is 0.155. The fourth-order valence-electron chi connectivity index (χ4n) is 3.10. The highest BCUT2D eigenvalue weighted by Gasteiger charge is 2.13. The summed E-state index contributed by atoms with van der Waals surface area (Å²) < 4.78 is 5.95. The molecule has 0 amide bonds. The van der Waals surface area contributed by atoms with Crippen LogP contribution in [0.3, 0.4) is 0 Å². The molecule has 0 saturated heterocycles. The largest absolute Gasteiger partial charge is 0.488 e. The predicted molar refractivity (Wildman–Crippen MR) is 113 cm³/mol. The van der Waals surface area contributed by atoms with E-state index < -0.39 is 5.97 Å². The quantitative estimate of drug-likeness (QED) is 0.420. The van der Waals surface area contributed by atoms with Crippen molar-refractivity contribution in [3.8, 4) is 5.75 Å². The number of carboxylic acid groups (broad SMARTS) is 1. The lowest BCUT2D eigenvalue weighted by molar-refractivity contribution is 0.0692. The van der Waals surface area contributed by atoms with E-state index in [4.69, 9.17) is 4.74 Å². The third kappa shape index (κ3) is 4.00. The Labute approximate surface area is 167 Å². The van der Waals surface area contributed by atoms with Crippen LogP contribution in [-0.4, -0.2) is 11.1 Å². The molecule has 0 aliphatic carbocycles. The van der Waals surface area contributed by atoms with Crippen LogP contribution in [0.5, 0.6) is 5.75 Å². The number of benzene rings is 3. The van der Waals surface area contributed by atoms with E-state index in [2.05, 4.69) is 23.5 Å². The van der Waals surface area contributed by atoms with Crippen molar-refractivity contribution >= 4 is 33.8 Å². The molecule has 28 heavy (non-hydrogen) atoms. The van der Waals surface area contributed by atoms with Crippen molar-refractivity contribution in [2.45, 2.75) is 13.2 Å². The summed E-state index contributed by atoms with van der Waals surface area (Å²) in [5.41, 5.74) is 2.00. The predicted octanol–water partition coefficient (Wildman–Crippen LogP) is 5.79. The van der Waals surface area contributed by atoms with Crippen LogP contribution in [0.4, 0.5) is 5.69 Å². The first-order valence-corrected chi connectivity index (χ1v) is 9.82. The van der Waals surface area contributed by atoms with Gasteiger partial charge in [0.2, 0.25) is 0 Å². The van der Waals surface area contributed by atoms with Gasteiger partial charge in [-0.05, 0) is 39.9 Å². The summed E-state index contributed by atoms with van der Waals surface area (Å²) in [6.45, 7) is 0.989. The average molecular weight is 389 g/mol. The van der Waals surface area contributed by atoms with E-state index in [-0.39, 0.29) is 5.56 Å². The van der Waals surface area contributed by atoms with Crippen molar-refractivity contribution in [1.29, 1.82) is 0 Å². The Morgan fingerprint density at radius 1 is 1.00 bits per heavy atom. The van der Waals surface area contributed by atoms with Crippen LogP contribution in [-0.2, 0) is 13.2 Å². The summed E-state index contributed by atoms with van der Waals surface area (Å²) in [4.78, 5) is 12.8. The number of nitrogens with one attached hydrogen (secondary N) is 1. The Morgan fingerprint density at radius 2 is 1.86 bits per heavy atom. The fraction of sp³-hybridized carbons (Fsp3) is 0.0870. The number of fused-ring (bicyclic) bond motifs is 1. The summed E-state index contributed by atoms with van der Waals surface area (Å²) >= 11 is 1.68. The van der Waals surface area contributed by atoms with E-state index in [0.29, 0.717) is 18.9 Å². The van der Waals surface area contributed by atoms with Crippen molar-refractivity contribution in [3.63, 3.8) is 0 Å². The highest BCUT2D eigenvalue weighted by atomic mass is 32.1. The maximum Gasteiger partial charge on any atom is 0.339 e. The molecule has 2 N–H and O–H groups in total. The zero-order valence-corrected chi connectivity index (χ0v) is 15.9. The van der Waals surface area contributed by atoms with E-state index >= 15 is 0 Å². The fourth-order valence-corrected chi connectivity index (χ4v) is 3.75. The lowest BCUT2D eigenvalue weighted by Crippen LogP contribution is -2.05. The van der Waals surface area contributed by atoms with Crippen LogP contribution < -0.4 is 10.1 Å². The van der Waals surface area contributed by atoms with Gasteiger partial charge in [0.15, 0.2) is 0 Å². The van der Waals surface area contributed by atoms with Gasteiger partial charge in [0.1, 0.15) is 17.9 Å². The molecule has 0 spiro atoms. The first-order valence-electron chi connectivity index (χ1n) is 8.94. The molecule has 4 nitrogen and oxygen atoms in total. The van der Waals surface area contributed by atoms with Gasteiger partial charge in [-0.3, -0.25) is 0 Å². The molecule has 0 radical (unpaired) electrons. The van der Waals surface area contributed by atoms with Crippen LogP contribution in [0.15, 0.2) is 78.2 Å². The number of anilines is 1. The minimum Gasteiger partial charge on any atom is -0.488 e. The molecular formula is C23H19NO3S. The highest BCUT2D eigenvalue weighted by Crippen LogP contribution is 2.27. The van der Waals surface area contributed by atoms with E-state index in [9.17, 15) is 9.90 Å². The van der Waals surface area contributed by atoms with Crippen LogP contribution in [0.2, 0.25) is 0 Å². The molecule has 4 aromatic rings. The van der Waals surface area contributed by atoms with Gasteiger partial charge in [-0.25, -0.2) is 4.79 Å². The second-order valence-electron chi connectivity index (χ2n) is 6.38. The molecule has 0 bridgehead atoms. The molecule has 0 saturated carbocycles. The number of carboxylic acids is 1. The van der Waals surface area contributed by atoms with Crippen molar-refractivity contribution < 1.29 is 14.6 Å². The van der Waals surface area contributed by atoms with Gasteiger partial charge in [-0.2, -0.15) is 0 Å². The number of hydrogen-bond donors (Lipinski definition) is 2. The van der Waals surface area contributed by atoms with E-state index in [1.165, 1.54) is 4.88 Å². The number of thiophene rings is 1. The van der Waals surface area contributed by atoms with Gasteiger partial charge in [-0.15, -0.1) is 11.3 Å². The highest BCUT2D eigenvalue weighted by molar-refractivity contribution is 7.09. The summed E-state index contributed by atoms with van der Waals surface area (Å²) in [5, 5.41) is 17.1. The zero-order valence-electron chi connectivity index (χ0n) is 15.1. The SMILES string of the molecule is O=C(O)c1ccc(NCc2cccs2)cc1OCc1cccc2ccccc12. The van der Waals surface area contributed by atoms with E-state index in [1.807, 2.05) is 41.8 Å². The van der Waals surface area contributed by atoms with Crippen molar-refractivity contribution in [1.82, 2.24) is 0 Å². The molecular weight excluding hydrogens is 370 g/mol. The number of ether oxygens (including phenoxy) is 1. The van der Waals surface area contributed by atoms with Crippen LogP contribution >= 0.6 is 11.3 Å². The first-order chi connectivity index (χ1) is 13.7. The second kappa shape index (κ2) is 8.15. The Balaban J connectivity index is 1.56. The average Bonchev–Trinajstić information content (AvgIpc) is 3.24. The molecule has 4 rings (SSSR count). The number of hydrogen-bond acceptors (Lipinski definition) is 4. The molecule has 1 heterocycles. The number of rotatable bonds is 7. The van der Waals surface area contributed by atoms with Gasteiger partial charge < -0.3 is 15.2 Å². The summed E-state index contributed by atoms with van der Waals surface area (Å²) in [6, 6.07) is 23.3. The second-order valence-corrected chi connectivity index (χ2v) is 7.41. The summed E-state index contributed by atoms with van der Waals surface area (Å²) in [6.07, 6.45) is 0. The summed E-state index contributed by atoms with van der Waals surface area (Å²) in [7, 11) is 0. The van der Waals surface area contributed by atoms with E-state index in [1.54, 1.807) is 29.5 Å². The Hall–Kier alpha value is -3.31. The normalized spacial score (nSPS) is 10.7. The molecule has 140 valence electrons. The monoisotopic (exact) mass is 389 g/mol. The number of aromatic carboxylic acids is 1. The maximum absolute atomic E-state index is 11.6. The molecule has 0 aliphatic heterocycles. The Kier molecular flexibility index (Phi) is 5.26. The molecule has 0 unspecified atom stereocenters. The molecule has 5 heteroatoms. The minimum atomic E-state index is -1.00. The third-order valence-electron chi connectivity index (χ3n) is 4.52. The standard InChI is InChI=1S/C23H19NO3S/c25-23(26)21-11-10-18(24-14-19-8-4-12-28-19)13-22(21)27-15-17-7-3-6-16-5-1-2-9-20(16)17/h1-13,24H,14-15H2,(H,25,26). The molecule has 3 aromatic carbocycles. The molecule has 0 atom stereocenters. The van der Waals surface area contributed by atoms with Gasteiger partial charge in [-0.1, -0.05) is 48.5 Å². The van der Waals surface area contributed by atoms with Crippen molar-refractivity contribution in [2.75, 3.05) is 5.32 Å². The molecule has 0 aliphatic rings. The molecule has 1 aromatic heterocycles.